The van der Waals surface area contributed by atoms with Crippen molar-refractivity contribution in [2.75, 3.05) is 6.61 Å². The van der Waals surface area contributed by atoms with Gasteiger partial charge >= 0.3 is 212 Å². The Labute approximate surface area is 235 Å². The van der Waals surface area contributed by atoms with Crippen molar-refractivity contribution in [3.63, 3.8) is 0 Å². The average Bonchev–Trinajstić information content (AvgIpc) is 3.26. The fourth-order valence-electron chi connectivity index (χ4n) is 5.74. The molecule has 0 radical (unpaired) electrons. The molecule has 7 heteroatoms. The predicted octanol–water partition coefficient (Wildman–Crippen LogP) is 8.10. The Bertz CT molecular complexity index is 1360. The van der Waals surface area contributed by atoms with Crippen LogP contribution in [-0.4, -0.2) is 21.8 Å². The Hall–Kier alpha value is -1.10. The van der Waals surface area contributed by atoms with E-state index in [1.807, 2.05) is 0 Å². The molecule has 0 amide bonds. The molecule has 2 nitrogen and oxygen atoms in total. The molecule has 0 aliphatic heterocycles. The maximum atomic E-state index is 6.73. The Morgan fingerprint density at radius 2 is 1.33 bits per heavy atom. The first kappa shape index (κ1) is 29.5. The molecule has 0 heterocycles. The van der Waals surface area contributed by atoms with Gasteiger partial charge in [-0.05, 0) is 0 Å². The molecule has 2 unspecified atom stereocenters. The minimum absolute atomic E-state index is 0. The van der Waals surface area contributed by atoms with Crippen molar-refractivity contribution < 1.29 is 28.0 Å². The number of ether oxygens (including phenoxy) is 1. The van der Waals surface area contributed by atoms with Crippen LogP contribution in [0, 0.1) is 0 Å². The van der Waals surface area contributed by atoms with Gasteiger partial charge < -0.3 is 0 Å². The third-order valence-electron chi connectivity index (χ3n) is 6.79. The summed E-state index contributed by atoms with van der Waals surface area (Å²) >= 11 is -2.40. The summed E-state index contributed by atoms with van der Waals surface area (Å²) in [5.41, 5.74) is 9.84. The number of allylic oxidation sites excluding steroid dienone is 1. The molecule has 2 atom stereocenters. The maximum absolute atomic E-state index is 6.73. The predicted molar refractivity (Wildman–Crippen MR) is 160 cm³/mol. The molecule has 0 saturated heterocycles. The summed E-state index contributed by atoms with van der Waals surface area (Å²) in [5, 5.41) is 0. The van der Waals surface area contributed by atoms with Crippen LogP contribution >= 0.6 is 24.8 Å². The van der Waals surface area contributed by atoms with Crippen molar-refractivity contribution in [1.82, 2.24) is 0 Å². The first-order valence-electron chi connectivity index (χ1n) is 12.3. The van der Waals surface area contributed by atoms with Crippen LogP contribution in [0.4, 0.5) is 0 Å². The minimum atomic E-state index is -2.40. The van der Waals surface area contributed by atoms with Gasteiger partial charge in [-0.1, -0.05) is 0 Å². The van der Waals surface area contributed by atoms with E-state index >= 15 is 0 Å². The van der Waals surface area contributed by atoms with Gasteiger partial charge in [-0.25, -0.2) is 0 Å². The Kier molecular flexibility index (Phi) is 8.95. The van der Waals surface area contributed by atoms with Crippen LogP contribution < -0.4 is 0 Å². The van der Waals surface area contributed by atoms with Crippen molar-refractivity contribution in [2.24, 2.45) is 0 Å². The summed E-state index contributed by atoms with van der Waals surface area (Å²) in [5.74, 6) is 2.04. The van der Waals surface area contributed by atoms with Gasteiger partial charge in [0.1, 0.15) is 0 Å². The van der Waals surface area contributed by atoms with E-state index in [1.165, 1.54) is 33.4 Å². The third kappa shape index (κ3) is 5.11. The topological polar surface area (TPSA) is 18.5 Å². The minimum Gasteiger partial charge on any atom is -0.147 e. The SMILES string of the molecule is CCOC1=C(O[Si](C)(C)C)c2ccccc2C1c1cccc2c1[CH]([Zr]([CH3])([CH3])=[SiH2])c1ccccc1-2.Cl.Cl. The zero-order chi connectivity index (χ0) is 24.3. The number of hydrogen-bond donors (Lipinski definition) is 0. The Balaban J connectivity index is 0.00000180. The fraction of sp³-hybridized carbons (Fsp3) is 0.310. The molecule has 0 spiro atoms. The molecule has 191 valence electrons. The molecule has 0 fully saturated rings. The van der Waals surface area contributed by atoms with Crippen LogP contribution in [0.1, 0.15) is 44.3 Å². The fourth-order valence-corrected chi connectivity index (χ4v) is 14.5. The number of halogens is 2. The molecule has 0 saturated carbocycles. The van der Waals surface area contributed by atoms with Crippen LogP contribution in [0.2, 0.25) is 28.9 Å². The normalized spacial score (nSPS) is 17.9. The molecule has 36 heavy (non-hydrogen) atoms. The zero-order valence-electron chi connectivity index (χ0n) is 22.1. The van der Waals surface area contributed by atoms with Crippen LogP contribution in [0.5, 0.6) is 0 Å². The number of fused-ring (bicyclic) bond motifs is 4. The average molecular weight is 636 g/mol. The molecule has 2 aliphatic carbocycles. The summed E-state index contributed by atoms with van der Waals surface area (Å²) in [6.07, 6.45) is 0. The summed E-state index contributed by atoms with van der Waals surface area (Å²) in [6, 6.07) is 24.8. The van der Waals surface area contributed by atoms with Gasteiger partial charge in [0.25, 0.3) is 0 Å². The van der Waals surface area contributed by atoms with E-state index in [0.29, 0.717) is 10.2 Å². The second-order valence-electron chi connectivity index (χ2n) is 11.2. The van der Waals surface area contributed by atoms with E-state index in [-0.39, 0.29) is 30.7 Å². The van der Waals surface area contributed by atoms with Crippen LogP contribution in [0.3, 0.4) is 0 Å². The van der Waals surface area contributed by atoms with Gasteiger partial charge in [-0.3, -0.25) is 0 Å². The van der Waals surface area contributed by atoms with Crippen molar-refractivity contribution in [3.8, 4) is 11.1 Å². The second-order valence-corrected chi connectivity index (χ2v) is 37.6. The van der Waals surface area contributed by atoms with Crippen LogP contribution in [0.15, 0.2) is 72.5 Å². The van der Waals surface area contributed by atoms with Crippen molar-refractivity contribution in [2.45, 2.75) is 45.4 Å². The van der Waals surface area contributed by atoms with E-state index < -0.39 is 27.2 Å². The van der Waals surface area contributed by atoms with Gasteiger partial charge in [0.05, 0.1) is 0 Å². The maximum Gasteiger partial charge on any atom is -0.147 e. The smallest absolute Gasteiger partial charge is 0.147 e. The molecule has 2 aliphatic rings. The van der Waals surface area contributed by atoms with E-state index in [4.69, 9.17) is 9.16 Å². The first-order valence-corrected chi connectivity index (χ1v) is 28.0. The largest absolute Gasteiger partial charge is 0.147 e. The molecule has 0 bridgehead atoms. The van der Waals surface area contributed by atoms with E-state index in [2.05, 4.69) is 109 Å². The molecular weight excluding hydrogens is 599 g/mol. The number of benzene rings is 3. The van der Waals surface area contributed by atoms with Gasteiger partial charge in [0, 0.05) is 0 Å². The summed E-state index contributed by atoms with van der Waals surface area (Å²) in [4.78, 5) is 0. The molecule has 0 N–H and O–H groups in total. The standard InChI is InChI=1S/C27H27O2Si.2CH3.2ClH.H2Si.Zr/c1-5-28-27-25(21-13-8-9-14-23(21)26(27)29-30(2,3)4)22-16-10-15-20-19-12-7-6-11-18(19)17-24(20)22;;;;;;/h6-17,25H,5H2,1-4H3;2*1H3;2*1H;1H2;. The zero-order valence-corrected chi connectivity index (χ0v) is 28.6. The Morgan fingerprint density at radius 1 is 0.778 bits per heavy atom. The Morgan fingerprint density at radius 3 is 1.94 bits per heavy atom. The molecule has 5 rings (SSSR count). The third-order valence-corrected chi connectivity index (χ3v) is 15.3. The molecule has 3 aromatic rings. The second kappa shape index (κ2) is 10.9. The number of rotatable bonds is 6. The monoisotopic (exact) mass is 633 g/mol. The van der Waals surface area contributed by atoms with E-state index in [0.717, 1.165) is 11.5 Å². The van der Waals surface area contributed by atoms with Crippen molar-refractivity contribution >= 4 is 45.8 Å². The molecular formula is C29H37Cl2O2Si2Zr. The summed E-state index contributed by atoms with van der Waals surface area (Å²) in [6.45, 7) is 11.8. The van der Waals surface area contributed by atoms with E-state index in [9.17, 15) is 0 Å². The number of hydrogen-bond acceptors (Lipinski definition) is 2. The van der Waals surface area contributed by atoms with Gasteiger partial charge in [-0.2, -0.15) is 0 Å². The molecule has 0 aromatic heterocycles. The quantitative estimate of drug-likeness (QED) is 0.255. The summed E-state index contributed by atoms with van der Waals surface area (Å²) in [7, 11) is -1.83. The van der Waals surface area contributed by atoms with Crippen molar-refractivity contribution in [1.29, 1.82) is 0 Å². The van der Waals surface area contributed by atoms with Gasteiger partial charge in [-0.15, -0.1) is 24.8 Å². The van der Waals surface area contributed by atoms with Crippen molar-refractivity contribution in [3.05, 3.63) is 100 Å². The van der Waals surface area contributed by atoms with E-state index in [1.54, 1.807) is 5.56 Å². The first-order chi connectivity index (χ1) is 16.1. The van der Waals surface area contributed by atoms with Gasteiger partial charge in [0.2, 0.25) is 0 Å². The van der Waals surface area contributed by atoms with Crippen LogP contribution in [0.25, 0.3) is 16.9 Å². The van der Waals surface area contributed by atoms with Crippen LogP contribution in [-0.2, 0) is 28.0 Å². The summed E-state index contributed by atoms with van der Waals surface area (Å²) < 4.78 is 18.9. The molecule has 3 aromatic carbocycles. The van der Waals surface area contributed by atoms with Gasteiger partial charge in [0.15, 0.2) is 0 Å².